The monoisotopic (exact) mass is 336 g/mol. The Kier molecular flexibility index (Phi) is 3.97. The molecule has 8 nitrogen and oxygen atoms in total. The maximum absolute atomic E-state index is 12.6. The summed E-state index contributed by atoms with van der Waals surface area (Å²) in [6.07, 6.45) is 0. The number of fused-ring (bicyclic) bond motifs is 1. The minimum Gasteiger partial charge on any atom is -0.480 e. The second kappa shape index (κ2) is 5.94. The number of nitro groups is 1. The molecule has 1 aliphatic heterocycles. The van der Waals surface area contributed by atoms with Crippen LogP contribution in [0.5, 0.6) is 0 Å². The van der Waals surface area contributed by atoms with Crippen LogP contribution in [0.2, 0.25) is 0 Å². The molecule has 0 bridgehead atoms. The molecule has 0 saturated carbocycles. The van der Waals surface area contributed by atoms with E-state index in [9.17, 15) is 24.8 Å². The van der Waals surface area contributed by atoms with Crippen molar-refractivity contribution in [2.75, 3.05) is 19.8 Å². The van der Waals surface area contributed by atoms with E-state index in [0.717, 1.165) is 4.70 Å². The fourth-order valence-electron chi connectivity index (χ4n) is 2.44. The van der Waals surface area contributed by atoms with Crippen LogP contribution in [0, 0.1) is 10.1 Å². The molecule has 120 valence electrons. The molecule has 0 aliphatic carbocycles. The van der Waals surface area contributed by atoms with Gasteiger partial charge in [-0.3, -0.25) is 14.9 Å². The second-order valence-electron chi connectivity index (χ2n) is 5.02. The van der Waals surface area contributed by atoms with E-state index >= 15 is 0 Å². The van der Waals surface area contributed by atoms with Gasteiger partial charge >= 0.3 is 5.97 Å². The normalized spacial score (nSPS) is 18.1. The van der Waals surface area contributed by atoms with Crippen molar-refractivity contribution in [3.8, 4) is 0 Å². The summed E-state index contributed by atoms with van der Waals surface area (Å²) in [5, 5.41) is 20.6. The van der Waals surface area contributed by atoms with Crippen molar-refractivity contribution in [2.24, 2.45) is 0 Å². The summed E-state index contributed by atoms with van der Waals surface area (Å²) in [5.74, 6) is -1.51. The van der Waals surface area contributed by atoms with E-state index in [2.05, 4.69) is 0 Å². The Morgan fingerprint density at radius 1 is 1.39 bits per heavy atom. The van der Waals surface area contributed by atoms with E-state index in [4.69, 9.17) is 4.74 Å². The lowest BCUT2D eigenvalue weighted by molar-refractivity contribution is -0.384. The topological polar surface area (TPSA) is 110 Å². The minimum atomic E-state index is -1.12. The quantitative estimate of drug-likeness (QED) is 0.675. The Labute approximate surface area is 134 Å². The van der Waals surface area contributed by atoms with Gasteiger partial charge in [-0.15, -0.1) is 11.3 Å². The zero-order valence-corrected chi connectivity index (χ0v) is 12.6. The highest BCUT2D eigenvalue weighted by atomic mass is 32.1. The number of aliphatic carboxylic acids is 1. The first-order valence-corrected chi connectivity index (χ1v) is 7.58. The predicted octanol–water partition coefficient (Wildman–Crippen LogP) is 1.74. The van der Waals surface area contributed by atoms with Crippen molar-refractivity contribution in [1.29, 1.82) is 0 Å². The Balaban J connectivity index is 1.93. The van der Waals surface area contributed by atoms with Crippen molar-refractivity contribution < 1.29 is 24.4 Å². The number of carboxylic acids is 1. The molecule has 1 fully saturated rings. The van der Waals surface area contributed by atoms with E-state index < -0.39 is 22.8 Å². The number of ether oxygens (including phenoxy) is 1. The number of morpholine rings is 1. The number of carbonyl (C=O) groups is 2. The molecular formula is C14H12N2O6S. The highest BCUT2D eigenvalue weighted by molar-refractivity contribution is 7.20. The van der Waals surface area contributed by atoms with Crippen LogP contribution in [0.15, 0.2) is 24.3 Å². The van der Waals surface area contributed by atoms with Gasteiger partial charge < -0.3 is 14.7 Å². The van der Waals surface area contributed by atoms with Gasteiger partial charge in [0.2, 0.25) is 0 Å². The third-order valence-corrected chi connectivity index (χ3v) is 4.70. The molecule has 1 atom stereocenters. The van der Waals surface area contributed by atoms with Crippen LogP contribution in [0.1, 0.15) is 9.67 Å². The number of carbonyl (C=O) groups excluding carboxylic acids is 1. The molecule has 1 unspecified atom stereocenters. The molecule has 1 aromatic heterocycles. The molecule has 9 heteroatoms. The van der Waals surface area contributed by atoms with Gasteiger partial charge in [-0.25, -0.2) is 4.79 Å². The van der Waals surface area contributed by atoms with E-state index in [1.54, 1.807) is 12.1 Å². The van der Waals surface area contributed by atoms with Crippen LogP contribution < -0.4 is 0 Å². The molecule has 2 heterocycles. The molecular weight excluding hydrogens is 324 g/mol. The van der Waals surface area contributed by atoms with Crippen LogP contribution in [0.3, 0.4) is 0 Å². The summed E-state index contributed by atoms with van der Waals surface area (Å²) < 4.78 is 5.85. The largest absolute Gasteiger partial charge is 0.480 e. The van der Waals surface area contributed by atoms with Gasteiger partial charge in [0.25, 0.3) is 11.6 Å². The smallest absolute Gasteiger partial charge is 0.328 e. The molecule has 3 rings (SSSR count). The van der Waals surface area contributed by atoms with Crippen LogP contribution in [0.4, 0.5) is 5.69 Å². The molecule has 2 aromatic rings. The lowest BCUT2D eigenvalue weighted by Crippen LogP contribution is -2.52. The molecule has 0 spiro atoms. The fraction of sp³-hybridized carbons (Fsp3) is 0.286. The standard InChI is InChI=1S/C14H12N2O6S/c17-13(15-3-4-22-7-10(15)14(18)19)12-6-8-5-9(16(20)21)1-2-11(8)23-12/h1-2,5-6,10H,3-4,7H2,(H,18,19). The number of thiophene rings is 1. The highest BCUT2D eigenvalue weighted by Crippen LogP contribution is 2.30. The minimum absolute atomic E-state index is 0.0442. The molecule has 0 radical (unpaired) electrons. The van der Waals surface area contributed by atoms with E-state index in [0.29, 0.717) is 10.3 Å². The summed E-state index contributed by atoms with van der Waals surface area (Å²) in [6.45, 7) is 0.438. The number of nitro benzene ring substituents is 1. The van der Waals surface area contributed by atoms with Gasteiger partial charge in [-0.05, 0) is 12.1 Å². The molecule has 23 heavy (non-hydrogen) atoms. The maximum Gasteiger partial charge on any atom is 0.328 e. The van der Waals surface area contributed by atoms with Gasteiger partial charge in [0, 0.05) is 28.8 Å². The predicted molar refractivity (Wildman–Crippen MR) is 81.8 cm³/mol. The number of hydrogen-bond donors (Lipinski definition) is 1. The summed E-state index contributed by atoms with van der Waals surface area (Å²) in [6, 6.07) is 4.90. The SMILES string of the molecule is O=C(O)C1COCCN1C(=O)c1cc2cc([N+](=O)[O-])ccc2s1. The lowest BCUT2D eigenvalue weighted by atomic mass is 10.2. The van der Waals surface area contributed by atoms with Crippen molar-refractivity contribution in [3.05, 3.63) is 39.3 Å². The molecule has 1 aromatic carbocycles. The average Bonchev–Trinajstić information content (AvgIpc) is 2.97. The fourth-order valence-corrected chi connectivity index (χ4v) is 3.44. The summed E-state index contributed by atoms with van der Waals surface area (Å²) >= 11 is 1.19. The third kappa shape index (κ3) is 2.88. The summed E-state index contributed by atoms with van der Waals surface area (Å²) in [5.41, 5.74) is -0.0518. The first-order chi connectivity index (χ1) is 11.0. The zero-order chi connectivity index (χ0) is 16.6. The Hall–Kier alpha value is -2.52. The van der Waals surface area contributed by atoms with Crippen molar-refractivity contribution in [1.82, 2.24) is 4.90 Å². The van der Waals surface area contributed by atoms with Crippen LogP contribution >= 0.6 is 11.3 Å². The van der Waals surface area contributed by atoms with Gasteiger partial charge in [-0.2, -0.15) is 0 Å². The number of hydrogen-bond acceptors (Lipinski definition) is 6. The Morgan fingerprint density at radius 2 is 2.17 bits per heavy atom. The second-order valence-corrected chi connectivity index (χ2v) is 6.10. The Bertz CT molecular complexity index is 802. The van der Waals surface area contributed by atoms with Gasteiger partial charge in [0.1, 0.15) is 0 Å². The number of rotatable bonds is 3. The average molecular weight is 336 g/mol. The van der Waals surface area contributed by atoms with Crippen LogP contribution in [-0.2, 0) is 9.53 Å². The van der Waals surface area contributed by atoms with Gasteiger partial charge in [0.15, 0.2) is 6.04 Å². The van der Waals surface area contributed by atoms with Gasteiger partial charge in [0.05, 0.1) is 23.0 Å². The molecule has 1 N–H and O–H groups in total. The molecule has 1 aliphatic rings. The summed E-state index contributed by atoms with van der Waals surface area (Å²) in [7, 11) is 0. The van der Waals surface area contributed by atoms with E-state index in [1.165, 1.54) is 28.4 Å². The molecule has 1 saturated heterocycles. The first kappa shape index (κ1) is 15.4. The van der Waals surface area contributed by atoms with E-state index in [1.807, 2.05) is 0 Å². The van der Waals surface area contributed by atoms with Crippen molar-refractivity contribution >= 4 is 39.0 Å². The van der Waals surface area contributed by atoms with Crippen molar-refractivity contribution in [3.63, 3.8) is 0 Å². The zero-order valence-electron chi connectivity index (χ0n) is 11.8. The van der Waals surface area contributed by atoms with Gasteiger partial charge in [-0.1, -0.05) is 0 Å². The van der Waals surface area contributed by atoms with Crippen molar-refractivity contribution in [2.45, 2.75) is 6.04 Å². The lowest BCUT2D eigenvalue weighted by Gasteiger charge is -2.32. The molecule has 1 amide bonds. The number of amides is 1. The third-order valence-electron chi connectivity index (χ3n) is 3.60. The maximum atomic E-state index is 12.6. The highest BCUT2D eigenvalue weighted by Gasteiger charge is 2.33. The Morgan fingerprint density at radius 3 is 2.87 bits per heavy atom. The number of nitrogens with zero attached hydrogens (tertiary/aromatic N) is 2. The van der Waals surface area contributed by atoms with Crippen LogP contribution in [-0.4, -0.2) is 52.6 Å². The van der Waals surface area contributed by atoms with E-state index in [-0.39, 0.29) is 25.4 Å². The number of benzene rings is 1. The number of carboxylic acid groups (broad SMARTS) is 1. The number of non-ortho nitro benzene ring substituents is 1. The summed E-state index contributed by atoms with van der Waals surface area (Å²) in [4.78, 5) is 35.8. The first-order valence-electron chi connectivity index (χ1n) is 6.77. The van der Waals surface area contributed by atoms with Crippen LogP contribution in [0.25, 0.3) is 10.1 Å².